The molecule has 1 heterocycles. The Morgan fingerprint density at radius 1 is 0.900 bits per heavy atom. The highest BCUT2D eigenvalue weighted by atomic mass is 16.5. The van der Waals surface area contributed by atoms with Gasteiger partial charge in [-0.05, 0) is 35.7 Å². The van der Waals surface area contributed by atoms with Gasteiger partial charge in [-0.15, -0.1) is 0 Å². The zero-order valence-corrected chi connectivity index (χ0v) is 16.3. The van der Waals surface area contributed by atoms with E-state index < -0.39 is 5.63 Å². The lowest BCUT2D eigenvalue weighted by Gasteiger charge is -2.20. The van der Waals surface area contributed by atoms with E-state index in [4.69, 9.17) is 9.15 Å². The van der Waals surface area contributed by atoms with Crippen molar-refractivity contribution >= 4 is 16.9 Å². The van der Waals surface area contributed by atoms with Crippen molar-refractivity contribution < 1.29 is 13.9 Å². The third-order valence-corrected chi connectivity index (χ3v) is 4.78. The molecule has 0 saturated heterocycles. The molecule has 0 aliphatic rings. The number of fused-ring (bicyclic) bond motifs is 1. The van der Waals surface area contributed by atoms with Crippen LogP contribution in [0.5, 0.6) is 5.75 Å². The third kappa shape index (κ3) is 4.94. The highest BCUT2D eigenvalue weighted by Crippen LogP contribution is 2.20. The normalized spacial score (nSPS) is 11.7. The summed E-state index contributed by atoms with van der Waals surface area (Å²) >= 11 is 0. The van der Waals surface area contributed by atoms with Gasteiger partial charge in [-0.2, -0.15) is 0 Å². The molecule has 5 nitrogen and oxygen atoms in total. The number of ether oxygens (including phenoxy) is 1. The Morgan fingerprint density at radius 3 is 2.37 bits per heavy atom. The van der Waals surface area contributed by atoms with Crippen molar-refractivity contribution in [3.8, 4) is 5.75 Å². The first kappa shape index (κ1) is 19.5. The van der Waals surface area contributed by atoms with Gasteiger partial charge in [-0.25, -0.2) is 4.79 Å². The second kappa shape index (κ2) is 9.09. The van der Waals surface area contributed by atoms with Crippen LogP contribution in [0.1, 0.15) is 17.2 Å². The van der Waals surface area contributed by atoms with Crippen LogP contribution >= 0.6 is 0 Å². The molecule has 150 valence electrons. The first-order valence-corrected chi connectivity index (χ1v) is 9.72. The summed E-state index contributed by atoms with van der Waals surface area (Å²) in [6.07, 6.45) is 0.678. The fourth-order valence-corrected chi connectivity index (χ4v) is 3.30. The molecule has 0 aliphatic heterocycles. The molecule has 4 rings (SSSR count). The summed E-state index contributed by atoms with van der Waals surface area (Å²) in [6, 6.07) is 27.9. The molecule has 1 amide bonds. The van der Waals surface area contributed by atoms with Gasteiger partial charge in [0.1, 0.15) is 11.3 Å². The van der Waals surface area contributed by atoms with E-state index in [1.807, 2.05) is 60.7 Å². The number of hydrogen-bond donors (Lipinski definition) is 1. The second-order valence-corrected chi connectivity index (χ2v) is 6.96. The van der Waals surface area contributed by atoms with Crippen LogP contribution in [0.15, 0.2) is 100 Å². The van der Waals surface area contributed by atoms with E-state index in [1.54, 1.807) is 24.3 Å². The van der Waals surface area contributed by atoms with Gasteiger partial charge < -0.3 is 14.5 Å². The second-order valence-electron chi connectivity index (χ2n) is 6.96. The van der Waals surface area contributed by atoms with Crippen LogP contribution in [-0.4, -0.2) is 12.5 Å². The lowest BCUT2D eigenvalue weighted by atomic mass is 9.99. The van der Waals surface area contributed by atoms with Gasteiger partial charge in [0.25, 0.3) is 5.91 Å². The molecular weight excluding hydrogens is 378 g/mol. The largest absolute Gasteiger partial charge is 0.484 e. The van der Waals surface area contributed by atoms with Crippen LogP contribution in [0, 0.1) is 0 Å². The molecule has 30 heavy (non-hydrogen) atoms. The molecular formula is C25H21NO4. The van der Waals surface area contributed by atoms with E-state index in [1.165, 1.54) is 6.07 Å². The zero-order valence-electron chi connectivity index (χ0n) is 16.3. The summed E-state index contributed by atoms with van der Waals surface area (Å²) in [5.41, 5.74) is 2.16. The van der Waals surface area contributed by atoms with Crippen LogP contribution in [0.4, 0.5) is 0 Å². The Kier molecular flexibility index (Phi) is 5.90. The van der Waals surface area contributed by atoms with Gasteiger partial charge in [-0.1, -0.05) is 60.7 Å². The van der Waals surface area contributed by atoms with Crippen LogP contribution in [-0.2, 0) is 11.2 Å². The SMILES string of the molecule is O=C(COc1ccc2ccc(=O)oc2c1)N[C@H](Cc1ccccc1)c1ccccc1. The molecule has 5 heteroatoms. The summed E-state index contributed by atoms with van der Waals surface area (Å²) < 4.78 is 10.8. The Hall–Kier alpha value is -3.86. The van der Waals surface area contributed by atoms with Crippen molar-refractivity contribution in [2.24, 2.45) is 0 Å². The lowest BCUT2D eigenvalue weighted by molar-refractivity contribution is -0.123. The van der Waals surface area contributed by atoms with E-state index >= 15 is 0 Å². The summed E-state index contributed by atoms with van der Waals surface area (Å²) in [5.74, 6) is 0.237. The molecule has 0 unspecified atom stereocenters. The quantitative estimate of drug-likeness (QED) is 0.471. The van der Waals surface area contributed by atoms with Gasteiger partial charge in [-0.3, -0.25) is 4.79 Å². The Labute approximate surface area is 173 Å². The summed E-state index contributed by atoms with van der Waals surface area (Å²) in [4.78, 5) is 24.0. The maximum atomic E-state index is 12.6. The Bertz CT molecular complexity index is 1190. The van der Waals surface area contributed by atoms with Crippen LogP contribution in [0.3, 0.4) is 0 Å². The van der Waals surface area contributed by atoms with Crippen molar-refractivity contribution in [1.82, 2.24) is 5.32 Å². The molecule has 1 N–H and O–H groups in total. The number of benzene rings is 3. The van der Waals surface area contributed by atoms with Crippen molar-refractivity contribution in [3.63, 3.8) is 0 Å². The van der Waals surface area contributed by atoms with Gasteiger partial charge in [0, 0.05) is 17.5 Å². The summed E-state index contributed by atoms with van der Waals surface area (Å²) in [7, 11) is 0. The minimum absolute atomic E-state index is 0.138. The number of nitrogens with one attached hydrogen (secondary N) is 1. The predicted molar refractivity (Wildman–Crippen MR) is 115 cm³/mol. The molecule has 1 aromatic heterocycles. The van der Waals surface area contributed by atoms with Crippen LogP contribution < -0.4 is 15.7 Å². The molecule has 0 radical (unpaired) electrons. The molecule has 1 atom stereocenters. The van der Waals surface area contributed by atoms with E-state index in [0.29, 0.717) is 17.8 Å². The summed E-state index contributed by atoms with van der Waals surface area (Å²) in [5, 5.41) is 3.85. The van der Waals surface area contributed by atoms with Gasteiger partial charge in [0.2, 0.25) is 0 Å². The van der Waals surface area contributed by atoms with Crippen LogP contribution in [0.25, 0.3) is 11.0 Å². The lowest BCUT2D eigenvalue weighted by Crippen LogP contribution is -2.33. The third-order valence-electron chi connectivity index (χ3n) is 4.78. The van der Waals surface area contributed by atoms with Crippen molar-refractivity contribution in [2.75, 3.05) is 6.61 Å². The van der Waals surface area contributed by atoms with E-state index in [0.717, 1.165) is 16.5 Å². The van der Waals surface area contributed by atoms with E-state index in [2.05, 4.69) is 5.32 Å². The first-order valence-electron chi connectivity index (χ1n) is 9.72. The maximum absolute atomic E-state index is 12.6. The highest BCUT2D eigenvalue weighted by Gasteiger charge is 2.16. The number of rotatable bonds is 7. The topological polar surface area (TPSA) is 68.5 Å². The van der Waals surface area contributed by atoms with Crippen molar-refractivity contribution in [1.29, 1.82) is 0 Å². The highest BCUT2D eigenvalue weighted by molar-refractivity contribution is 5.79. The average molecular weight is 399 g/mol. The molecule has 0 bridgehead atoms. The molecule has 0 saturated carbocycles. The number of carbonyl (C=O) groups is 1. The monoisotopic (exact) mass is 399 g/mol. The van der Waals surface area contributed by atoms with Gasteiger partial charge >= 0.3 is 5.63 Å². The predicted octanol–water partition coefficient (Wildman–Crippen LogP) is 4.27. The van der Waals surface area contributed by atoms with E-state index in [-0.39, 0.29) is 18.6 Å². The standard InChI is InChI=1S/C25H21NO4/c27-24(17-29-21-13-11-20-12-14-25(28)30-23(20)16-21)26-22(19-9-5-2-6-10-19)15-18-7-3-1-4-8-18/h1-14,16,22H,15,17H2,(H,26,27)/t22-/m1/s1. The summed E-state index contributed by atoms with van der Waals surface area (Å²) in [6.45, 7) is -0.138. The Morgan fingerprint density at radius 2 is 1.60 bits per heavy atom. The Balaban J connectivity index is 1.44. The van der Waals surface area contributed by atoms with Gasteiger partial charge in [0.15, 0.2) is 6.61 Å². The molecule has 0 aliphatic carbocycles. The van der Waals surface area contributed by atoms with Crippen LogP contribution in [0.2, 0.25) is 0 Å². The number of hydrogen-bond acceptors (Lipinski definition) is 4. The van der Waals surface area contributed by atoms with E-state index in [9.17, 15) is 9.59 Å². The fourth-order valence-electron chi connectivity index (χ4n) is 3.30. The fraction of sp³-hybridized carbons (Fsp3) is 0.120. The minimum Gasteiger partial charge on any atom is -0.484 e. The molecule has 3 aromatic carbocycles. The first-order chi connectivity index (χ1) is 14.7. The molecule has 4 aromatic rings. The molecule has 0 fully saturated rings. The smallest absolute Gasteiger partial charge is 0.336 e. The zero-order chi connectivity index (χ0) is 20.8. The van der Waals surface area contributed by atoms with Crippen molar-refractivity contribution in [2.45, 2.75) is 12.5 Å². The number of amides is 1. The minimum atomic E-state index is -0.427. The average Bonchev–Trinajstić information content (AvgIpc) is 2.78. The molecule has 0 spiro atoms. The maximum Gasteiger partial charge on any atom is 0.336 e. The number of carbonyl (C=O) groups excluding carboxylic acids is 1. The van der Waals surface area contributed by atoms with Crippen molar-refractivity contribution in [3.05, 3.63) is 113 Å². The van der Waals surface area contributed by atoms with Gasteiger partial charge in [0.05, 0.1) is 6.04 Å².